The Morgan fingerprint density at radius 3 is 3.21 bits per heavy atom. The average Bonchev–Trinajstić information content (AvgIpc) is 2.26. The Balaban J connectivity index is 2.35. The molecule has 1 amide bonds. The molecule has 1 aliphatic rings. The Morgan fingerprint density at radius 1 is 1.79 bits per heavy atom. The van der Waals surface area contributed by atoms with Crippen LogP contribution in [-0.4, -0.2) is 55.0 Å². The predicted octanol–water partition coefficient (Wildman–Crippen LogP) is -0.425. The van der Waals surface area contributed by atoms with Gasteiger partial charge in [0.15, 0.2) is 0 Å². The van der Waals surface area contributed by atoms with Gasteiger partial charge in [-0.05, 0) is 0 Å². The summed E-state index contributed by atoms with van der Waals surface area (Å²) in [4.78, 5) is 12.9. The van der Waals surface area contributed by atoms with Crippen LogP contribution in [0.3, 0.4) is 0 Å². The van der Waals surface area contributed by atoms with Crippen molar-refractivity contribution in [3.8, 4) is 0 Å². The third-order valence-electron chi connectivity index (χ3n) is 2.06. The molecule has 0 aromatic carbocycles. The number of rotatable bonds is 3. The Labute approximate surface area is 83.3 Å². The summed E-state index contributed by atoms with van der Waals surface area (Å²) in [6.45, 7) is 5.52. The van der Waals surface area contributed by atoms with Gasteiger partial charge in [0.05, 0.1) is 6.61 Å². The number of hydrogen-bond donors (Lipinski definition) is 2. The smallest absolute Gasteiger partial charge is 0.410 e. The molecular weight excluding hydrogens is 184 g/mol. The van der Waals surface area contributed by atoms with E-state index in [0.717, 1.165) is 0 Å². The Morgan fingerprint density at radius 2 is 2.57 bits per heavy atom. The van der Waals surface area contributed by atoms with E-state index in [9.17, 15) is 4.79 Å². The van der Waals surface area contributed by atoms with Crippen molar-refractivity contribution in [2.75, 3.05) is 32.8 Å². The second kappa shape index (κ2) is 5.62. The van der Waals surface area contributed by atoms with E-state index < -0.39 is 0 Å². The second-order valence-electron chi connectivity index (χ2n) is 3.15. The molecule has 80 valence electrons. The van der Waals surface area contributed by atoms with Crippen LogP contribution >= 0.6 is 0 Å². The number of ether oxygens (including phenoxy) is 1. The van der Waals surface area contributed by atoms with Gasteiger partial charge < -0.3 is 20.1 Å². The molecule has 1 saturated heterocycles. The molecule has 0 spiro atoms. The van der Waals surface area contributed by atoms with Crippen molar-refractivity contribution in [2.45, 2.75) is 6.04 Å². The quantitative estimate of drug-likeness (QED) is 0.607. The maximum Gasteiger partial charge on any atom is 0.410 e. The van der Waals surface area contributed by atoms with Gasteiger partial charge in [-0.3, -0.25) is 0 Å². The van der Waals surface area contributed by atoms with Crippen LogP contribution in [0, 0.1) is 0 Å². The van der Waals surface area contributed by atoms with Crippen molar-refractivity contribution in [2.24, 2.45) is 0 Å². The number of nitrogens with zero attached hydrogens (tertiary/aromatic N) is 1. The van der Waals surface area contributed by atoms with Crippen molar-refractivity contribution in [1.82, 2.24) is 10.2 Å². The molecule has 0 aliphatic carbocycles. The SMILES string of the molecule is C=CCOC(=O)N1CCN[C@@H](CO)C1. The zero-order chi connectivity index (χ0) is 10.4. The van der Waals surface area contributed by atoms with E-state index in [-0.39, 0.29) is 25.3 Å². The summed E-state index contributed by atoms with van der Waals surface area (Å²) in [5, 5.41) is 12.0. The zero-order valence-corrected chi connectivity index (χ0v) is 8.11. The molecule has 0 aromatic heterocycles. The molecule has 0 bridgehead atoms. The number of carbonyl (C=O) groups is 1. The first-order valence-corrected chi connectivity index (χ1v) is 4.64. The molecule has 5 heteroatoms. The van der Waals surface area contributed by atoms with E-state index in [1.54, 1.807) is 4.90 Å². The second-order valence-corrected chi connectivity index (χ2v) is 3.15. The molecule has 1 aliphatic heterocycles. The van der Waals surface area contributed by atoms with Gasteiger partial charge in [-0.25, -0.2) is 4.79 Å². The molecule has 0 unspecified atom stereocenters. The Kier molecular flexibility index (Phi) is 4.42. The first kappa shape index (κ1) is 11.0. The number of hydrogen-bond acceptors (Lipinski definition) is 4. The van der Waals surface area contributed by atoms with E-state index in [1.165, 1.54) is 6.08 Å². The lowest BCUT2D eigenvalue weighted by molar-refractivity contribution is 0.0907. The summed E-state index contributed by atoms with van der Waals surface area (Å²) >= 11 is 0. The van der Waals surface area contributed by atoms with Crippen molar-refractivity contribution in [3.63, 3.8) is 0 Å². The lowest BCUT2D eigenvalue weighted by atomic mass is 10.2. The van der Waals surface area contributed by atoms with Gasteiger partial charge in [0.25, 0.3) is 0 Å². The van der Waals surface area contributed by atoms with E-state index in [1.807, 2.05) is 0 Å². The number of aliphatic hydroxyl groups is 1. The third kappa shape index (κ3) is 3.01. The summed E-state index contributed by atoms with van der Waals surface area (Å²) in [7, 11) is 0. The minimum atomic E-state index is -0.343. The van der Waals surface area contributed by atoms with Crippen LogP contribution in [0.1, 0.15) is 0 Å². The summed E-state index contributed by atoms with van der Waals surface area (Å²) in [6.07, 6.45) is 1.19. The fourth-order valence-corrected chi connectivity index (χ4v) is 1.34. The van der Waals surface area contributed by atoms with Crippen LogP contribution in [0.5, 0.6) is 0 Å². The highest BCUT2D eigenvalue weighted by Crippen LogP contribution is 2.01. The molecule has 1 atom stereocenters. The highest BCUT2D eigenvalue weighted by molar-refractivity contribution is 5.67. The largest absolute Gasteiger partial charge is 0.445 e. The number of aliphatic hydroxyl groups excluding tert-OH is 1. The maximum atomic E-state index is 11.4. The normalized spacial score (nSPS) is 21.8. The fraction of sp³-hybridized carbons (Fsp3) is 0.667. The molecule has 5 nitrogen and oxygen atoms in total. The van der Waals surface area contributed by atoms with Gasteiger partial charge >= 0.3 is 6.09 Å². The number of piperazine rings is 1. The number of amides is 1. The highest BCUT2D eigenvalue weighted by atomic mass is 16.6. The minimum absolute atomic E-state index is 0.0330. The van der Waals surface area contributed by atoms with E-state index in [2.05, 4.69) is 11.9 Å². The van der Waals surface area contributed by atoms with Crippen molar-refractivity contribution >= 4 is 6.09 Å². The van der Waals surface area contributed by atoms with Crippen LogP contribution < -0.4 is 5.32 Å². The van der Waals surface area contributed by atoms with Crippen molar-refractivity contribution in [3.05, 3.63) is 12.7 Å². The maximum absolute atomic E-state index is 11.4. The summed E-state index contributed by atoms with van der Waals surface area (Å²) in [6, 6.07) is -0.0416. The lowest BCUT2D eigenvalue weighted by Crippen LogP contribution is -2.54. The molecule has 2 N–H and O–H groups in total. The standard InChI is InChI=1S/C9H16N2O3/c1-2-5-14-9(13)11-4-3-10-8(6-11)7-12/h2,8,10,12H,1,3-7H2/t8-/m1/s1. The van der Waals surface area contributed by atoms with Crippen LogP contribution in [-0.2, 0) is 4.74 Å². The van der Waals surface area contributed by atoms with E-state index >= 15 is 0 Å². The first-order chi connectivity index (χ1) is 6.77. The topological polar surface area (TPSA) is 61.8 Å². The molecule has 1 rings (SSSR count). The van der Waals surface area contributed by atoms with Crippen LogP contribution in [0.2, 0.25) is 0 Å². The van der Waals surface area contributed by atoms with Gasteiger partial charge in [0.1, 0.15) is 6.61 Å². The van der Waals surface area contributed by atoms with Gasteiger partial charge in [0, 0.05) is 25.7 Å². The van der Waals surface area contributed by atoms with Crippen molar-refractivity contribution in [1.29, 1.82) is 0 Å². The lowest BCUT2D eigenvalue weighted by Gasteiger charge is -2.31. The molecule has 14 heavy (non-hydrogen) atoms. The Hall–Kier alpha value is -1.07. The summed E-state index contributed by atoms with van der Waals surface area (Å²) in [5.74, 6) is 0. The third-order valence-corrected chi connectivity index (χ3v) is 2.06. The highest BCUT2D eigenvalue weighted by Gasteiger charge is 2.23. The van der Waals surface area contributed by atoms with E-state index in [0.29, 0.717) is 19.6 Å². The van der Waals surface area contributed by atoms with Crippen LogP contribution in [0.4, 0.5) is 4.79 Å². The van der Waals surface area contributed by atoms with Gasteiger partial charge in [-0.15, -0.1) is 0 Å². The average molecular weight is 200 g/mol. The van der Waals surface area contributed by atoms with Gasteiger partial charge in [-0.2, -0.15) is 0 Å². The summed E-state index contributed by atoms with van der Waals surface area (Å²) in [5.41, 5.74) is 0. The minimum Gasteiger partial charge on any atom is -0.445 e. The van der Waals surface area contributed by atoms with E-state index in [4.69, 9.17) is 9.84 Å². The summed E-state index contributed by atoms with van der Waals surface area (Å²) < 4.78 is 4.88. The molecule has 1 fully saturated rings. The molecule has 0 aromatic rings. The molecular formula is C9H16N2O3. The first-order valence-electron chi connectivity index (χ1n) is 4.64. The van der Waals surface area contributed by atoms with Crippen LogP contribution in [0.25, 0.3) is 0 Å². The number of carbonyl (C=O) groups excluding carboxylic acids is 1. The number of nitrogens with one attached hydrogen (secondary N) is 1. The Bertz CT molecular complexity index is 208. The van der Waals surface area contributed by atoms with Gasteiger partial charge in [0.2, 0.25) is 0 Å². The molecule has 1 heterocycles. The fourth-order valence-electron chi connectivity index (χ4n) is 1.34. The predicted molar refractivity (Wildman–Crippen MR) is 52.0 cm³/mol. The molecule has 0 radical (unpaired) electrons. The van der Waals surface area contributed by atoms with Crippen LogP contribution in [0.15, 0.2) is 12.7 Å². The molecule has 0 saturated carbocycles. The van der Waals surface area contributed by atoms with Crippen molar-refractivity contribution < 1.29 is 14.6 Å². The zero-order valence-electron chi connectivity index (χ0n) is 8.11. The van der Waals surface area contributed by atoms with Gasteiger partial charge in [-0.1, -0.05) is 12.7 Å². The monoisotopic (exact) mass is 200 g/mol.